The average Bonchev–Trinajstić information content (AvgIpc) is 2.36. The van der Waals surface area contributed by atoms with Crippen molar-refractivity contribution in [1.29, 1.82) is 0 Å². The van der Waals surface area contributed by atoms with Crippen molar-refractivity contribution >= 4 is 12.1 Å². The van der Waals surface area contributed by atoms with E-state index in [1.165, 1.54) is 7.11 Å². The number of likely N-dealkylation sites (tertiary alicyclic amines) is 1. The maximum Gasteiger partial charge on any atom is 0.410 e. The zero-order valence-electron chi connectivity index (χ0n) is 13.9. The predicted molar refractivity (Wildman–Crippen MR) is 80.9 cm³/mol. The molecule has 0 radical (unpaired) electrons. The Morgan fingerprint density at radius 3 is 2.43 bits per heavy atom. The summed E-state index contributed by atoms with van der Waals surface area (Å²) < 4.78 is 10.1. The maximum atomic E-state index is 12.3. The second-order valence-electron chi connectivity index (χ2n) is 6.76. The Morgan fingerprint density at radius 2 is 1.95 bits per heavy atom. The molecule has 5 nitrogen and oxygen atoms in total. The van der Waals surface area contributed by atoms with Crippen molar-refractivity contribution in [2.24, 2.45) is 5.92 Å². The number of amides is 1. The van der Waals surface area contributed by atoms with E-state index in [0.717, 1.165) is 5.57 Å². The van der Waals surface area contributed by atoms with E-state index in [-0.39, 0.29) is 18.1 Å². The first-order valence-corrected chi connectivity index (χ1v) is 7.41. The van der Waals surface area contributed by atoms with Crippen LogP contribution < -0.4 is 0 Å². The monoisotopic (exact) mass is 297 g/mol. The first-order valence-electron chi connectivity index (χ1n) is 7.41. The quantitative estimate of drug-likeness (QED) is 0.580. The Bertz CT molecular complexity index is 420. The molecular weight excluding hydrogens is 270 g/mol. The number of hydrogen-bond donors (Lipinski definition) is 0. The third-order valence-electron chi connectivity index (χ3n) is 3.47. The second-order valence-corrected chi connectivity index (χ2v) is 6.76. The van der Waals surface area contributed by atoms with Crippen LogP contribution in [0.25, 0.3) is 0 Å². The van der Waals surface area contributed by atoms with Crippen LogP contribution in [0.4, 0.5) is 4.79 Å². The van der Waals surface area contributed by atoms with Gasteiger partial charge in [0.05, 0.1) is 7.11 Å². The van der Waals surface area contributed by atoms with E-state index in [9.17, 15) is 9.59 Å². The normalized spacial score (nSPS) is 21.6. The van der Waals surface area contributed by atoms with Crippen LogP contribution in [-0.2, 0) is 14.3 Å². The van der Waals surface area contributed by atoms with Gasteiger partial charge in [0.2, 0.25) is 0 Å². The molecule has 1 heterocycles. The van der Waals surface area contributed by atoms with E-state index in [0.29, 0.717) is 25.3 Å². The molecule has 1 saturated heterocycles. The van der Waals surface area contributed by atoms with Gasteiger partial charge in [-0.05, 0) is 39.5 Å². The molecule has 120 valence electrons. The highest BCUT2D eigenvalue weighted by Gasteiger charge is 2.33. The summed E-state index contributed by atoms with van der Waals surface area (Å²) in [7, 11) is 1.37. The summed E-state index contributed by atoms with van der Waals surface area (Å²) in [5.41, 5.74) is 0.529. The molecule has 1 aliphatic rings. The van der Waals surface area contributed by atoms with Crippen molar-refractivity contribution in [3.63, 3.8) is 0 Å². The summed E-state index contributed by atoms with van der Waals surface area (Å²) in [5, 5.41) is 0. The molecule has 1 fully saturated rings. The SMILES string of the molecule is COC(=O)C=C1CCN(C(=O)OC(C)(C)C)C(C(C)C)C1. The Balaban J connectivity index is 2.82. The third-order valence-corrected chi connectivity index (χ3v) is 3.47. The molecule has 0 aromatic rings. The number of carbonyl (C=O) groups excluding carboxylic acids is 2. The minimum absolute atomic E-state index is 0.0458. The lowest BCUT2D eigenvalue weighted by atomic mass is 9.89. The predicted octanol–water partition coefficient (Wildman–Crippen LogP) is 3.14. The second kappa shape index (κ2) is 6.96. The van der Waals surface area contributed by atoms with E-state index in [1.54, 1.807) is 11.0 Å². The lowest BCUT2D eigenvalue weighted by molar-refractivity contribution is -0.134. The van der Waals surface area contributed by atoms with E-state index >= 15 is 0 Å². The molecule has 1 rings (SSSR count). The van der Waals surface area contributed by atoms with Crippen LogP contribution in [0.2, 0.25) is 0 Å². The van der Waals surface area contributed by atoms with E-state index < -0.39 is 5.60 Å². The fraction of sp³-hybridized carbons (Fsp3) is 0.750. The van der Waals surface area contributed by atoms with Crippen molar-refractivity contribution in [1.82, 2.24) is 4.90 Å². The summed E-state index contributed by atoms with van der Waals surface area (Å²) >= 11 is 0. The highest BCUT2D eigenvalue weighted by Crippen LogP contribution is 2.28. The zero-order valence-corrected chi connectivity index (χ0v) is 13.9. The molecule has 0 spiro atoms. The van der Waals surface area contributed by atoms with E-state index in [2.05, 4.69) is 18.6 Å². The van der Waals surface area contributed by atoms with Gasteiger partial charge < -0.3 is 14.4 Å². The highest BCUT2D eigenvalue weighted by molar-refractivity contribution is 5.82. The zero-order chi connectivity index (χ0) is 16.2. The molecule has 0 bridgehead atoms. The summed E-state index contributed by atoms with van der Waals surface area (Å²) in [6.07, 6.45) is 2.63. The van der Waals surface area contributed by atoms with Gasteiger partial charge in [0.25, 0.3) is 0 Å². The molecule has 0 aromatic carbocycles. The number of esters is 1. The number of hydrogen-bond acceptors (Lipinski definition) is 4. The summed E-state index contributed by atoms with van der Waals surface area (Å²) in [5.74, 6) is -0.0444. The topological polar surface area (TPSA) is 55.8 Å². The van der Waals surface area contributed by atoms with Gasteiger partial charge in [-0.15, -0.1) is 0 Å². The van der Waals surface area contributed by atoms with Crippen molar-refractivity contribution in [3.8, 4) is 0 Å². The summed E-state index contributed by atoms with van der Waals surface area (Å²) in [6, 6.07) is 0.0458. The van der Waals surface area contributed by atoms with Crippen molar-refractivity contribution in [2.75, 3.05) is 13.7 Å². The van der Waals surface area contributed by atoms with Crippen LogP contribution >= 0.6 is 0 Å². The van der Waals surface area contributed by atoms with Gasteiger partial charge in [-0.2, -0.15) is 0 Å². The molecule has 5 heteroatoms. The molecule has 0 saturated carbocycles. The number of carbonyl (C=O) groups is 2. The summed E-state index contributed by atoms with van der Waals surface area (Å²) in [6.45, 7) is 10.3. The number of methoxy groups -OCH3 is 1. The minimum atomic E-state index is -0.499. The number of rotatable bonds is 2. The van der Waals surface area contributed by atoms with Gasteiger partial charge in [0.1, 0.15) is 5.60 Å². The van der Waals surface area contributed by atoms with E-state index in [1.807, 2.05) is 20.8 Å². The lowest BCUT2D eigenvalue weighted by Gasteiger charge is -2.39. The van der Waals surface area contributed by atoms with Crippen molar-refractivity contribution in [2.45, 2.75) is 59.1 Å². The van der Waals surface area contributed by atoms with Gasteiger partial charge >= 0.3 is 12.1 Å². The first kappa shape index (κ1) is 17.5. The van der Waals surface area contributed by atoms with Crippen molar-refractivity contribution < 1.29 is 19.1 Å². The van der Waals surface area contributed by atoms with Crippen LogP contribution in [0.15, 0.2) is 11.6 Å². The molecule has 1 atom stereocenters. The van der Waals surface area contributed by atoms with Gasteiger partial charge in [-0.1, -0.05) is 19.4 Å². The average molecular weight is 297 g/mol. The van der Waals surface area contributed by atoms with Crippen LogP contribution in [0.3, 0.4) is 0 Å². The third kappa shape index (κ3) is 5.40. The van der Waals surface area contributed by atoms with E-state index in [4.69, 9.17) is 4.74 Å². The van der Waals surface area contributed by atoms with Gasteiger partial charge in [-0.3, -0.25) is 0 Å². The Hall–Kier alpha value is -1.52. The number of ether oxygens (including phenoxy) is 2. The molecule has 0 aliphatic carbocycles. The largest absolute Gasteiger partial charge is 0.466 e. The Kier molecular flexibility index (Phi) is 5.81. The Labute approximate surface area is 127 Å². The molecule has 21 heavy (non-hydrogen) atoms. The van der Waals surface area contributed by atoms with Crippen LogP contribution in [0.1, 0.15) is 47.5 Å². The fourth-order valence-electron chi connectivity index (χ4n) is 2.41. The molecular formula is C16H27NO4. The minimum Gasteiger partial charge on any atom is -0.466 e. The maximum absolute atomic E-state index is 12.3. The molecule has 0 aromatic heterocycles. The summed E-state index contributed by atoms with van der Waals surface area (Å²) in [4.78, 5) is 25.4. The standard InChI is InChI=1S/C16H27NO4/c1-11(2)13-9-12(10-14(18)20-6)7-8-17(13)15(19)21-16(3,4)5/h10-11,13H,7-9H2,1-6H3. The van der Waals surface area contributed by atoms with Crippen LogP contribution in [0.5, 0.6) is 0 Å². The Morgan fingerprint density at radius 1 is 1.33 bits per heavy atom. The van der Waals surface area contributed by atoms with Gasteiger partial charge in [0.15, 0.2) is 0 Å². The molecule has 1 aliphatic heterocycles. The van der Waals surface area contributed by atoms with Crippen LogP contribution in [0, 0.1) is 5.92 Å². The molecule has 1 unspecified atom stereocenters. The first-order chi connectivity index (χ1) is 9.64. The number of nitrogens with zero attached hydrogens (tertiary/aromatic N) is 1. The van der Waals surface area contributed by atoms with Crippen LogP contribution in [-0.4, -0.2) is 42.3 Å². The molecule has 1 amide bonds. The van der Waals surface area contributed by atoms with Gasteiger partial charge in [-0.25, -0.2) is 9.59 Å². The fourth-order valence-corrected chi connectivity index (χ4v) is 2.41. The molecule has 0 N–H and O–H groups in total. The highest BCUT2D eigenvalue weighted by atomic mass is 16.6. The van der Waals surface area contributed by atoms with Crippen molar-refractivity contribution in [3.05, 3.63) is 11.6 Å². The number of piperidine rings is 1. The van der Waals surface area contributed by atoms with Gasteiger partial charge in [0, 0.05) is 18.7 Å². The smallest absolute Gasteiger partial charge is 0.410 e. The lowest BCUT2D eigenvalue weighted by Crippen LogP contribution is -2.48.